The van der Waals surface area contributed by atoms with Crippen molar-refractivity contribution < 1.29 is 9.15 Å². The van der Waals surface area contributed by atoms with E-state index in [2.05, 4.69) is 115 Å². The summed E-state index contributed by atoms with van der Waals surface area (Å²) >= 11 is 0. The number of furan rings is 1. The molecule has 0 bridgehead atoms. The van der Waals surface area contributed by atoms with Crippen LogP contribution in [0.4, 0.5) is 0 Å². The Hall–Kier alpha value is -5.08. The second-order valence-electron chi connectivity index (χ2n) is 10.1. The molecule has 0 saturated carbocycles. The van der Waals surface area contributed by atoms with Crippen LogP contribution >= 0.6 is 0 Å². The van der Waals surface area contributed by atoms with Crippen molar-refractivity contribution in [3.05, 3.63) is 139 Å². The van der Waals surface area contributed by atoms with Crippen molar-refractivity contribution in [3.63, 3.8) is 0 Å². The Balaban J connectivity index is 1.14. The fourth-order valence-corrected chi connectivity index (χ4v) is 5.89. The average Bonchev–Trinajstić information content (AvgIpc) is 3.40. The smallest absolute Gasteiger partial charge is 0.143 e. The summed E-state index contributed by atoms with van der Waals surface area (Å²) in [7, 11) is 0. The number of fused-ring (bicyclic) bond motifs is 6. The van der Waals surface area contributed by atoms with E-state index in [4.69, 9.17) is 9.15 Å². The highest BCUT2D eigenvalue weighted by molar-refractivity contribution is 6.09. The fraction of sp³-hybridized carbons (Fsp3) is 0.0270. The second-order valence-corrected chi connectivity index (χ2v) is 10.1. The van der Waals surface area contributed by atoms with Crippen LogP contribution in [0.5, 0.6) is 5.75 Å². The summed E-state index contributed by atoms with van der Waals surface area (Å²) in [6.45, 7) is 0.604. The topological polar surface area (TPSA) is 22.4 Å². The van der Waals surface area contributed by atoms with E-state index in [9.17, 15) is 0 Å². The number of hydrogen-bond donors (Lipinski definition) is 0. The molecule has 0 saturated heterocycles. The lowest BCUT2D eigenvalue weighted by Crippen LogP contribution is -2.06. The van der Waals surface area contributed by atoms with E-state index >= 15 is 0 Å². The van der Waals surface area contributed by atoms with Crippen LogP contribution in [0.1, 0.15) is 5.56 Å². The molecule has 1 aliphatic rings. The molecule has 0 aliphatic carbocycles. The van der Waals surface area contributed by atoms with Gasteiger partial charge in [0.2, 0.25) is 0 Å². The molecular formula is C37H24O2. The van der Waals surface area contributed by atoms with Gasteiger partial charge in [0.1, 0.15) is 23.5 Å². The molecule has 0 fully saturated rings. The first-order valence-corrected chi connectivity index (χ1v) is 13.3. The van der Waals surface area contributed by atoms with Crippen LogP contribution in [0.15, 0.2) is 138 Å². The van der Waals surface area contributed by atoms with Crippen molar-refractivity contribution in [2.45, 2.75) is 6.61 Å². The van der Waals surface area contributed by atoms with E-state index < -0.39 is 0 Å². The van der Waals surface area contributed by atoms with Crippen molar-refractivity contribution in [1.29, 1.82) is 0 Å². The van der Waals surface area contributed by atoms with E-state index in [1.54, 1.807) is 0 Å². The Morgan fingerprint density at radius 2 is 1.03 bits per heavy atom. The first-order valence-electron chi connectivity index (χ1n) is 13.3. The summed E-state index contributed by atoms with van der Waals surface area (Å²) in [6.07, 6.45) is 0. The molecule has 7 aromatic rings. The molecule has 8 rings (SSSR count). The summed E-state index contributed by atoms with van der Waals surface area (Å²) < 4.78 is 12.3. The Bertz CT molecular complexity index is 1990. The lowest BCUT2D eigenvalue weighted by Gasteiger charge is -2.23. The minimum absolute atomic E-state index is 0.604. The molecule has 1 aromatic heterocycles. The number of rotatable bonds is 3. The van der Waals surface area contributed by atoms with Crippen LogP contribution < -0.4 is 4.74 Å². The Kier molecular flexibility index (Phi) is 4.92. The molecule has 0 spiro atoms. The quantitative estimate of drug-likeness (QED) is 0.241. The van der Waals surface area contributed by atoms with E-state index in [1.165, 1.54) is 33.4 Å². The van der Waals surface area contributed by atoms with E-state index in [-0.39, 0.29) is 0 Å². The monoisotopic (exact) mass is 500 g/mol. The van der Waals surface area contributed by atoms with Crippen LogP contribution in [0.3, 0.4) is 0 Å². The summed E-state index contributed by atoms with van der Waals surface area (Å²) in [5, 5.41) is 2.31. The van der Waals surface area contributed by atoms with E-state index in [0.717, 1.165) is 44.4 Å². The maximum Gasteiger partial charge on any atom is 0.143 e. The summed E-state index contributed by atoms with van der Waals surface area (Å²) in [5.74, 6) is 0.951. The second kappa shape index (κ2) is 8.75. The summed E-state index contributed by atoms with van der Waals surface area (Å²) in [6, 6.07) is 47.1. The third-order valence-electron chi connectivity index (χ3n) is 7.82. The Morgan fingerprint density at radius 1 is 0.436 bits per heavy atom. The van der Waals surface area contributed by atoms with Crippen LogP contribution in [0.2, 0.25) is 0 Å². The number of para-hydroxylation sites is 3. The zero-order valence-electron chi connectivity index (χ0n) is 21.2. The average molecular weight is 501 g/mol. The summed E-state index contributed by atoms with van der Waals surface area (Å²) in [5.41, 5.74) is 12.6. The predicted molar refractivity (Wildman–Crippen MR) is 160 cm³/mol. The minimum atomic E-state index is 0.604. The highest BCUT2D eigenvalue weighted by atomic mass is 16.5. The van der Waals surface area contributed by atoms with Gasteiger partial charge in [0.05, 0.1) is 0 Å². The van der Waals surface area contributed by atoms with Crippen molar-refractivity contribution in [2.24, 2.45) is 0 Å². The van der Waals surface area contributed by atoms with E-state index in [1.807, 2.05) is 18.2 Å². The molecule has 1 aliphatic heterocycles. The first-order chi connectivity index (χ1) is 19.3. The molecular weight excluding hydrogens is 476 g/mol. The van der Waals surface area contributed by atoms with Crippen molar-refractivity contribution in [1.82, 2.24) is 0 Å². The zero-order chi connectivity index (χ0) is 25.8. The van der Waals surface area contributed by atoms with Gasteiger partial charge in [-0.15, -0.1) is 0 Å². The maximum atomic E-state index is 6.26. The first kappa shape index (κ1) is 22.0. The van der Waals surface area contributed by atoms with Crippen LogP contribution in [-0.4, -0.2) is 0 Å². The van der Waals surface area contributed by atoms with Crippen LogP contribution in [0, 0.1) is 0 Å². The van der Waals surface area contributed by atoms with Gasteiger partial charge >= 0.3 is 0 Å². The standard InChI is InChI=1S/C37H24O2/c1-4-14-35-31(8-1)32-12-6-11-30(37(32)39-35)27-21-17-25(18-22-27)24-15-19-26(20-16-24)29-10-5-7-28-23-38-34-13-3-2-9-33(34)36(28)29/h1-22H,23H2. The number of benzene rings is 6. The Labute approximate surface area is 226 Å². The highest BCUT2D eigenvalue weighted by Crippen LogP contribution is 2.43. The van der Waals surface area contributed by atoms with Gasteiger partial charge in [0, 0.05) is 21.9 Å². The molecule has 0 amide bonds. The molecule has 0 N–H and O–H groups in total. The van der Waals surface area contributed by atoms with Crippen molar-refractivity contribution in [3.8, 4) is 50.3 Å². The molecule has 0 unspecified atom stereocenters. The van der Waals surface area contributed by atoms with Crippen LogP contribution in [-0.2, 0) is 6.61 Å². The van der Waals surface area contributed by atoms with Gasteiger partial charge in [-0.2, -0.15) is 0 Å². The predicted octanol–water partition coefficient (Wildman–Crippen LogP) is 10.1. The SMILES string of the molecule is c1ccc2c(c1)OCc1cccc(-c3ccc(-c4ccc(-c5cccc6c5oc5ccccc56)cc4)cc3)c1-2. The molecule has 39 heavy (non-hydrogen) atoms. The summed E-state index contributed by atoms with van der Waals surface area (Å²) in [4.78, 5) is 0. The fourth-order valence-electron chi connectivity index (χ4n) is 5.89. The lowest BCUT2D eigenvalue weighted by atomic mass is 9.88. The van der Waals surface area contributed by atoms with Gasteiger partial charge < -0.3 is 9.15 Å². The number of ether oxygens (including phenoxy) is 1. The zero-order valence-corrected chi connectivity index (χ0v) is 21.2. The molecule has 6 aromatic carbocycles. The maximum absolute atomic E-state index is 6.26. The van der Waals surface area contributed by atoms with Gasteiger partial charge in [-0.1, -0.05) is 121 Å². The largest absolute Gasteiger partial charge is 0.488 e. The van der Waals surface area contributed by atoms with Gasteiger partial charge in [-0.3, -0.25) is 0 Å². The van der Waals surface area contributed by atoms with Crippen LogP contribution in [0.25, 0.3) is 66.4 Å². The third kappa shape index (κ3) is 3.57. The van der Waals surface area contributed by atoms with Gasteiger partial charge in [-0.05, 0) is 51.1 Å². The highest BCUT2D eigenvalue weighted by Gasteiger charge is 2.20. The van der Waals surface area contributed by atoms with Crippen molar-refractivity contribution in [2.75, 3.05) is 0 Å². The normalized spacial score (nSPS) is 12.2. The minimum Gasteiger partial charge on any atom is -0.488 e. The lowest BCUT2D eigenvalue weighted by molar-refractivity contribution is 0.302. The molecule has 0 radical (unpaired) electrons. The molecule has 2 nitrogen and oxygen atoms in total. The molecule has 2 heteroatoms. The number of hydrogen-bond acceptors (Lipinski definition) is 2. The van der Waals surface area contributed by atoms with Gasteiger partial charge in [0.25, 0.3) is 0 Å². The van der Waals surface area contributed by atoms with E-state index in [0.29, 0.717) is 6.61 Å². The molecule has 2 heterocycles. The molecule has 184 valence electrons. The van der Waals surface area contributed by atoms with Gasteiger partial charge in [-0.25, -0.2) is 0 Å². The Morgan fingerprint density at radius 3 is 1.85 bits per heavy atom. The molecule has 0 atom stereocenters. The third-order valence-corrected chi connectivity index (χ3v) is 7.82. The van der Waals surface area contributed by atoms with Crippen molar-refractivity contribution >= 4 is 21.9 Å². The van der Waals surface area contributed by atoms with Gasteiger partial charge in [0.15, 0.2) is 0 Å².